The van der Waals surface area contributed by atoms with Crippen molar-refractivity contribution in [2.24, 2.45) is 16.6 Å². The SMILES string of the molecule is CCNC(=NCCCNC(=O)c1cccs1)N1CCCC(CC(N)=O)C1.I. The van der Waals surface area contributed by atoms with Crippen molar-refractivity contribution in [2.45, 2.75) is 32.6 Å². The third-order valence-electron chi connectivity index (χ3n) is 4.27. The Hall–Kier alpha value is -1.36. The number of carbonyl (C=O) groups excluding carboxylic acids is 2. The Bertz CT molecular complexity index is 609. The van der Waals surface area contributed by atoms with Gasteiger partial charge in [0.25, 0.3) is 5.91 Å². The summed E-state index contributed by atoms with van der Waals surface area (Å²) < 4.78 is 0. The van der Waals surface area contributed by atoms with E-state index in [0.29, 0.717) is 25.4 Å². The largest absolute Gasteiger partial charge is 0.370 e. The third-order valence-corrected chi connectivity index (χ3v) is 5.14. The van der Waals surface area contributed by atoms with Gasteiger partial charge in [-0.05, 0) is 43.6 Å². The Kier molecular flexibility index (Phi) is 11.3. The normalized spacial score (nSPS) is 17.1. The Morgan fingerprint density at radius 2 is 2.22 bits per heavy atom. The Labute approximate surface area is 182 Å². The maximum Gasteiger partial charge on any atom is 0.261 e. The van der Waals surface area contributed by atoms with Crippen molar-refractivity contribution in [1.29, 1.82) is 0 Å². The molecule has 1 aliphatic rings. The van der Waals surface area contributed by atoms with Crippen molar-refractivity contribution < 1.29 is 9.59 Å². The van der Waals surface area contributed by atoms with Crippen molar-refractivity contribution >= 4 is 53.1 Å². The molecule has 1 unspecified atom stereocenters. The van der Waals surface area contributed by atoms with Crippen LogP contribution in [0, 0.1) is 5.92 Å². The number of carbonyl (C=O) groups is 2. The van der Waals surface area contributed by atoms with Gasteiger partial charge in [-0.2, -0.15) is 0 Å². The van der Waals surface area contributed by atoms with Gasteiger partial charge in [-0.1, -0.05) is 6.07 Å². The number of primary amides is 1. The molecule has 1 atom stereocenters. The second-order valence-corrected chi connectivity index (χ2v) is 7.39. The number of aliphatic imine (C=N–C) groups is 1. The molecule has 4 N–H and O–H groups in total. The summed E-state index contributed by atoms with van der Waals surface area (Å²) >= 11 is 1.44. The van der Waals surface area contributed by atoms with E-state index in [-0.39, 0.29) is 35.8 Å². The molecule has 152 valence electrons. The van der Waals surface area contributed by atoms with Crippen LogP contribution in [0.3, 0.4) is 0 Å². The molecule has 0 saturated carbocycles. The summed E-state index contributed by atoms with van der Waals surface area (Å²) in [6.45, 7) is 5.83. The van der Waals surface area contributed by atoms with E-state index < -0.39 is 0 Å². The van der Waals surface area contributed by atoms with Gasteiger partial charge in [0.2, 0.25) is 5.91 Å². The van der Waals surface area contributed by atoms with Gasteiger partial charge in [-0.15, -0.1) is 35.3 Å². The average molecular weight is 507 g/mol. The van der Waals surface area contributed by atoms with E-state index in [0.717, 1.165) is 49.7 Å². The van der Waals surface area contributed by atoms with Crippen molar-refractivity contribution in [3.05, 3.63) is 22.4 Å². The number of likely N-dealkylation sites (tertiary alicyclic amines) is 1. The van der Waals surface area contributed by atoms with Crippen LogP contribution >= 0.6 is 35.3 Å². The number of hydrogen-bond acceptors (Lipinski definition) is 4. The predicted molar refractivity (Wildman–Crippen MR) is 121 cm³/mol. The first-order valence-electron chi connectivity index (χ1n) is 9.23. The van der Waals surface area contributed by atoms with E-state index in [2.05, 4.69) is 20.5 Å². The van der Waals surface area contributed by atoms with Crippen LogP contribution in [0.25, 0.3) is 0 Å². The maximum absolute atomic E-state index is 11.9. The lowest BCUT2D eigenvalue weighted by Crippen LogP contribution is -2.47. The number of guanidine groups is 1. The molecule has 2 rings (SSSR count). The van der Waals surface area contributed by atoms with Crippen LogP contribution in [0.4, 0.5) is 0 Å². The average Bonchev–Trinajstić information content (AvgIpc) is 3.15. The van der Waals surface area contributed by atoms with Crippen LogP contribution in [0.5, 0.6) is 0 Å². The fourth-order valence-electron chi connectivity index (χ4n) is 3.10. The number of halogens is 1. The van der Waals surface area contributed by atoms with Gasteiger partial charge in [-0.3, -0.25) is 14.6 Å². The summed E-state index contributed by atoms with van der Waals surface area (Å²) in [4.78, 5) is 30.7. The van der Waals surface area contributed by atoms with E-state index >= 15 is 0 Å². The Morgan fingerprint density at radius 3 is 2.89 bits per heavy atom. The Morgan fingerprint density at radius 1 is 1.41 bits per heavy atom. The standard InChI is InChI=1S/C18H29N5O2S.HI/c1-2-20-18(23-10-3-6-14(13-23)12-16(19)24)22-9-5-8-21-17(25)15-7-4-11-26-15;/h4,7,11,14H,2-3,5-6,8-10,12-13H2,1H3,(H2,19,24)(H,20,22)(H,21,25);1H. The predicted octanol–water partition coefficient (Wildman–Crippen LogP) is 2.04. The third kappa shape index (κ3) is 8.46. The Balaban J connectivity index is 0.00000364. The molecule has 2 heterocycles. The fourth-order valence-corrected chi connectivity index (χ4v) is 3.74. The fraction of sp³-hybridized carbons (Fsp3) is 0.611. The number of amides is 2. The number of nitrogens with one attached hydrogen (secondary N) is 2. The van der Waals surface area contributed by atoms with Gasteiger partial charge in [-0.25, -0.2) is 0 Å². The second-order valence-electron chi connectivity index (χ2n) is 6.45. The summed E-state index contributed by atoms with van der Waals surface area (Å²) in [5.41, 5.74) is 5.34. The molecule has 1 aliphatic heterocycles. The smallest absolute Gasteiger partial charge is 0.261 e. The van der Waals surface area contributed by atoms with Crippen LogP contribution in [-0.2, 0) is 4.79 Å². The quantitative estimate of drug-likeness (QED) is 0.217. The molecule has 1 aromatic rings. The van der Waals surface area contributed by atoms with E-state index in [4.69, 9.17) is 5.73 Å². The monoisotopic (exact) mass is 507 g/mol. The molecule has 9 heteroatoms. The molecular weight excluding hydrogens is 477 g/mol. The van der Waals surface area contributed by atoms with E-state index in [1.165, 1.54) is 11.3 Å². The second kappa shape index (κ2) is 12.9. The molecule has 0 radical (unpaired) electrons. The highest BCUT2D eigenvalue weighted by molar-refractivity contribution is 14.0. The highest BCUT2D eigenvalue weighted by Gasteiger charge is 2.23. The van der Waals surface area contributed by atoms with Crippen molar-refractivity contribution in [3.63, 3.8) is 0 Å². The van der Waals surface area contributed by atoms with Crippen LogP contribution in [0.1, 0.15) is 42.3 Å². The minimum Gasteiger partial charge on any atom is -0.370 e. The number of nitrogens with two attached hydrogens (primary N) is 1. The van der Waals surface area contributed by atoms with Gasteiger partial charge in [0.15, 0.2) is 5.96 Å². The first-order valence-corrected chi connectivity index (χ1v) is 10.1. The molecule has 27 heavy (non-hydrogen) atoms. The molecule has 2 amide bonds. The van der Waals surface area contributed by atoms with Crippen molar-refractivity contribution in [2.75, 3.05) is 32.7 Å². The lowest BCUT2D eigenvalue weighted by molar-refractivity contribution is -0.119. The molecule has 0 aromatic carbocycles. The molecule has 1 saturated heterocycles. The minimum atomic E-state index is -0.236. The summed E-state index contributed by atoms with van der Waals surface area (Å²) in [5.74, 6) is 0.919. The molecule has 7 nitrogen and oxygen atoms in total. The van der Waals surface area contributed by atoms with Gasteiger partial charge in [0.1, 0.15) is 0 Å². The summed E-state index contributed by atoms with van der Waals surface area (Å²) in [6.07, 6.45) is 3.29. The molecule has 1 aromatic heterocycles. The van der Waals surface area contributed by atoms with E-state index in [9.17, 15) is 9.59 Å². The molecular formula is C18H30IN5O2S. The van der Waals surface area contributed by atoms with Crippen molar-refractivity contribution in [1.82, 2.24) is 15.5 Å². The van der Waals surface area contributed by atoms with Gasteiger partial charge in [0, 0.05) is 39.1 Å². The summed E-state index contributed by atoms with van der Waals surface area (Å²) in [5, 5.41) is 8.13. The summed E-state index contributed by atoms with van der Waals surface area (Å²) in [7, 11) is 0. The first-order chi connectivity index (χ1) is 12.6. The topological polar surface area (TPSA) is 99.8 Å². The lowest BCUT2D eigenvalue weighted by Gasteiger charge is -2.34. The summed E-state index contributed by atoms with van der Waals surface area (Å²) in [6, 6.07) is 3.69. The molecule has 0 spiro atoms. The maximum atomic E-state index is 11.9. The number of piperidine rings is 1. The first kappa shape index (κ1) is 23.7. The molecule has 0 bridgehead atoms. The van der Waals surface area contributed by atoms with Crippen molar-refractivity contribution in [3.8, 4) is 0 Å². The minimum absolute atomic E-state index is 0. The number of hydrogen-bond donors (Lipinski definition) is 3. The lowest BCUT2D eigenvalue weighted by atomic mass is 9.95. The van der Waals surface area contributed by atoms with Crippen LogP contribution in [-0.4, -0.2) is 55.4 Å². The van der Waals surface area contributed by atoms with Gasteiger partial charge in [0.05, 0.1) is 4.88 Å². The van der Waals surface area contributed by atoms with E-state index in [1.807, 2.05) is 24.4 Å². The zero-order chi connectivity index (χ0) is 18.8. The van der Waals surface area contributed by atoms with Gasteiger partial charge < -0.3 is 21.3 Å². The zero-order valence-electron chi connectivity index (χ0n) is 15.8. The van der Waals surface area contributed by atoms with E-state index in [1.54, 1.807) is 0 Å². The molecule has 0 aliphatic carbocycles. The van der Waals surface area contributed by atoms with Gasteiger partial charge >= 0.3 is 0 Å². The highest BCUT2D eigenvalue weighted by Crippen LogP contribution is 2.19. The zero-order valence-corrected chi connectivity index (χ0v) is 18.9. The van der Waals surface area contributed by atoms with Crippen LogP contribution in [0.2, 0.25) is 0 Å². The molecule has 1 fully saturated rings. The number of nitrogens with zero attached hydrogens (tertiary/aromatic N) is 2. The highest BCUT2D eigenvalue weighted by atomic mass is 127. The number of thiophene rings is 1. The van der Waals surface area contributed by atoms with Crippen LogP contribution < -0.4 is 16.4 Å². The van der Waals surface area contributed by atoms with Crippen LogP contribution in [0.15, 0.2) is 22.5 Å². The number of rotatable bonds is 8.